The highest BCUT2D eigenvalue weighted by Crippen LogP contribution is 2.44. The average Bonchev–Trinajstić information content (AvgIpc) is 3.49. The maximum absolute atomic E-state index is 13.8. The van der Waals surface area contributed by atoms with Gasteiger partial charge in [-0.3, -0.25) is 9.59 Å². The zero-order valence-electron chi connectivity index (χ0n) is 31.6. The Hall–Kier alpha value is -5.22. The van der Waals surface area contributed by atoms with Crippen molar-refractivity contribution in [1.29, 1.82) is 0 Å². The number of carbonyl (C=O) groups is 4. The summed E-state index contributed by atoms with van der Waals surface area (Å²) in [5.74, 6) is -2.11. The number of alkyl carbamates (subject to hydrolysis) is 1. The van der Waals surface area contributed by atoms with E-state index in [0.29, 0.717) is 19.4 Å². The van der Waals surface area contributed by atoms with Crippen molar-refractivity contribution in [2.45, 2.75) is 83.5 Å². The summed E-state index contributed by atoms with van der Waals surface area (Å²) in [4.78, 5) is 55.6. The number of hydrogen-bond acceptors (Lipinski definition) is 7. The number of allylic oxidation sites excluding steroid dienone is 2. The van der Waals surface area contributed by atoms with Crippen LogP contribution < -0.4 is 10.6 Å². The van der Waals surface area contributed by atoms with E-state index in [1.807, 2.05) is 81.4 Å². The van der Waals surface area contributed by atoms with Crippen molar-refractivity contribution in [3.63, 3.8) is 0 Å². The highest BCUT2D eigenvalue weighted by molar-refractivity contribution is 5.87. The number of fused-ring (bicyclic) bond motifs is 4. The molecule has 10 nitrogen and oxygen atoms in total. The first-order valence-corrected chi connectivity index (χ1v) is 18.7. The van der Waals surface area contributed by atoms with Crippen LogP contribution in [0.5, 0.6) is 0 Å². The van der Waals surface area contributed by atoms with Gasteiger partial charge in [-0.1, -0.05) is 106 Å². The van der Waals surface area contributed by atoms with E-state index in [4.69, 9.17) is 9.47 Å². The van der Waals surface area contributed by atoms with Crippen LogP contribution in [0.25, 0.3) is 11.1 Å². The minimum atomic E-state index is -1.00. The Balaban J connectivity index is 1.19. The third kappa shape index (κ3) is 9.65. The summed E-state index contributed by atoms with van der Waals surface area (Å²) in [7, 11) is 0. The molecule has 2 aliphatic rings. The molecule has 0 radical (unpaired) electrons. The quantitative estimate of drug-likeness (QED) is 0.114. The number of ether oxygens (including phenoxy) is 2. The molecule has 3 amide bonds. The lowest BCUT2D eigenvalue weighted by molar-refractivity contribution is -0.148. The van der Waals surface area contributed by atoms with Gasteiger partial charge in [0.05, 0.1) is 24.6 Å². The zero-order chi connectivity index (χ0) is 38.8. The fraction of sp³-hybridized carbons (Fsp3) is 0.409. The predicted octanol–water partition coefficient (Wildman–Crippen LogP) is 6.46. The number of amides is 3. The number of aliphatic hydroxyl groups excluding tert-OH is 1. The number of nitrogens with one attached hydrogen (secondary N) is 2. The number of benzene rings is 3. The molecule has 0 aromatic heterocycles. The molecule has 1 aliphatic carbocycles. The van der Waals surface area contributed by atoms with Gasteiger partial charge < -0.3 is 30.1 Å². The normalized spacial score (nSPS) is 16.4. The first-order valence-electron chi connectivity index (χ1n) is 18.7. The number of rotatable bonds is 16. The molecular weight excluding hydrogens is 682 g/mol. The fourth-order valence-corrected chi connectivity index (χ4v) is 7.23. The van der Waals surface area contributed by atoms with Gasteiger partial charge in [0.2, 0.25) is 11.8 Å². The van der Waals surface area contributed by atoms with Gasteiger partial charge in [-0.25, -0.2) is 9.59 Å². The van der Waals surface area contributed by atoms with E-state index in [9.17, 15) is 24.3 Å². The summed E-state index contributed by atoms with van der Waals surface area (Å²) in [5, 5.41) is 15.8. The molecule has 0 saturated heterocycles. The first-order chi connectivity index (χ1) is 25.9. The molecular formula is C44H53N3O7. The smallest absolute Gasteiger partial charge is 0.407 e. The molecule has 54 heavy (non-hydrogen) atoms. The van der Waals surface area contributed by atoms with Gasteiger partial charge >= 0.3 is 12.1 Å². The van der Waals surface area contributed by atoms with Gasteiger partial charge in [0.1, 0.15) is 19.3 Å². The maximum Gasteiger partial charge on any atom is 0.407 e. The van der Waals surface area contributed by atoms with Gasteiger partial charge in [0.25, 0.3) is 0 Å². The van der Waals surface area contributed by atoms with Crippen LogP contribution in [0, 0.1) is 11.3 Å². The topological polar surface area (TPSA) is 134 Å². The molecule has 0 unspecified atom stereocenters. The maximum atomic E-state index is 13.8. The van der Waals surface area contributed by atoms with Gasteiger partial charge in [-0.2, -0.15) is 0 Å². The summed E-state index contributed by atoms with van der Waals surface area (Å²) in [6.45, 7) is 13.4. The molecule has 5 rings (SSSR count). The van der Waals surface area contributed by atoms with Crippen LogP contribution in [0.3, 0.4) is 0 Å². The molecule has 4 atom stereocenters. The summed E-state index contributed by atoms with van der Waals surface area (Å²) in [5.41, 5.74) is 5.97. The highest BCUT2D eigenvalue weighted by atomic mass is 16.6. The Bertz CT molecular complexity index is 1790. The Morgan fingerprint density at radius 1 is 0.889 bits per heavy atom. The van der Waals surface area contributed by atoms with Crippen molar-refractivity contribution in [2.75, 3.05) is 19.8 Å². The Kier molecular flexibility index (Phi) is 13.5. The fourth-order valence-electron chi connectivity index (χ4n) is 7.23. The van der Waals surface area contributed by atoms with E-state index in [1.54, 1.807) is 17.1 Å². The molecule has 0 bridgehead atoms. The molecule has 3 N–H and O–H groups in total. The second kappa shape index (κ2) is 18.2. The zero-order valence-corrected chi connectivity index (χ0v) is 31.6. The molecule has 3 aromatic carbocycles. The Morgan fingerprint density at radius 2 is 1.52 bits per heavy atom. The first kappa shape index (κ1) is 40.0. The van der Waals surface area contributed by atoms with Crippen LogP contribution in [-0.4, -0.2) is 71.8 Å². The largest absolute Gasteiger partial charge is 0.462 e. The van der Waals surface area contributed by atoms with Crippen LogP contribution >= 0.6 is 0 Å². The average molecular weight is 736 g/mol. The van der Waals surface area contributed by atoms with Crippen LogP contribution in [-0.2, 0) is 36.8 Å². The van der Waals surface area contributed by atoms with Crippen molar-refractivity contribution in [2.24, 2.45) is 11.3 Å². The lowest BCUT2D eigenvalue weighted by atomic mass is 9.86. The highest BCUT2D eigenvalue weighted by Gasteiger charge is 2.35. The van der Waals surface area contributed by atoms with Crippen LogP contribution in [0.1, 0.15) is 74.6 Å². The molecule has 3 aromatic rings. The van der Waals surface area contributed by atoms with E-state index in [1.165, 1.54) is 0 Å². The van der Waals surface area contributed by atoms with E-state index >= 15 is 0 Å². The van der Waals surface area contributed by atoms with Gasteiger partial charge in [0.15, 0.2) is 0 Å². The predicted molar refractivity (Wildman–Crippen MR) is 208 cm³/mol. The Morgan fingerprint density at radius 3 is 2.13 bits per heavy atom. The van der Waals surface area contributed by atoms with Crippen molar-refractivity contribution >= 4 is 23.9 Å². The van der Waals surface area contributed by atoms with E-state index in [2.05, 4.69) is 35.9 Å². The van der Waals surface area contributed by atoms with Gasteiger partial charge in [-0.15, -0.1) is 13.2 Å². The molecule has 0 fully saturated rings. The minimum absolute atomic E-state index is 0.0686. The summed E-state index contributed by atoms with van der Waals surface area (Å²) < 4.78 is 11.5. The second-order valence-corrected chi connectivity index (χ2v) is 15.2. The summed E-state index contributed by atoms with van der Waals surface area (Å²) in [6, 6.07) is 22.0. The molecule has 10 heteroatoms. The molecule has 1 heterocycles. The molecule has 0 spiro atoms. The summed E-state index contributed by atoms with van der Waals surface area (Å²) in [6.07, 6.45) is 3.95. The lowest BCUT2D eigenvalue weighted by Gasteiger charge is -2.37. The van der Waals surface area contributed by atoms with Crippen LogP contribution in [0.2, 0.25) is 0 Å². The third-order valence-corrected chi connectivity index (χ3v) is 10.5. The standard InChI is InChI=1S/C44H53N3O7/c1-6-8-22-38(45-43(52)54-27-37-35-20-13-11-18-33(35)34-19-12-14-21-36(34)37)42(51)53-28-39(44(3,4)5)46-41(50)30(15-7-2)24-40(49)47-25-31-17-10-9-16-29(31)23-32(47)26-48/h6-7,9-14,16-21,30,32,37-39,48H,1-2,8,15,22-28H2,3-5H3,(H,45,52)(H,46,50)/t30-,32-,38-,39+/m0/s1. The SMILES string of the molecule is C=CCC[C@H](NC(=O)OCC1c2ccccc2-c2ccccc21)C(=O)OC[C@@H](NC(=O)[C@@H](CC=C)CC(=O)N1Cc2ccccc2C[C@H]1CO)C(C)(C)C. The van der Waals surface area contributed by atoms with Crippen molar-refractivity contribution in [3.8, 4) is 11.1 Å². The van der Waals surface area contributed by atoms with E-state index in [0.717, 1.165) is 33.4 Å². The lowest BCUT2D eigenvalue weighted by Crippen LogP contribution is -2.51. The van der Waals surface area contributed by atoms with Crippen molar-refractivity contribution in [1.82, 2.24) is 15.5 Å². The van der Waals surface area contributed by atoms with Crippen LogP contribution in [0.4, 0.5) is 4.79 Å². The number of aliphatic hydroxyl groups is 1. The molecule has 1 aliphatic heterocycles. The monoisotopic (exact) mass is 735 g/mol. The van der Waals surface area contributed by atoms with E-state index < -0.39 is 35.5 Å². The van der Waals surface area contributed by atoms with E-state index in [-0.39, 0.29) is 62.9 Å². The van der Waals surface area contributed by atoms with Crippen molar-refractivity contribution < 1.29 is 33.8 Å². The molecule has 286 valence electrons. The number of hydrogen-bond donors (Lipinski definition) is 3. The number of nitrogens with zero attached hydrogens (tertiary/aromatic N) is 1. The number of esters is 1. The number of carbonyl (C=O) groups excluding carboxylic acids is 4. The van der Waals surface area contributed by atoms with Gasteiger partial charge in [-0.05, 0) is 64.5 Å². The second-order valence-electron chi connectivity index (χ2n) is 15.2. The third-order valence-electron chi connectivity index (χ3n) is 10.5. The summed E-state index contributed by atoms with van der Waals surface area (Å²) >= 11 is 0. The van der Waals surface area contributed by atoms with Crippen LogP contribution in [0.15, 0.2) is 98.1 Å². The minimum Gasteiger partial charge on any atom is -0.462 e. The molecule has 0 saturated carbocycles. The van der Waals surface area contributed by atoms with Gasteiger partial charge in [0, 0.05) is 18.9 Å². The van der Waals surface area contributed by atoms with Crippen molar-refractivity contribution in [3.05, 3.63) is 120 Å². The Labute approximate surface area is 318 Å².